The number of methoxy groups -OCH3 is 1. The van der Waals surface area contributed by atoms with Gasteiger partial charge in [0.15, 0.2) is 6.29 Å². The fourth-order valence-electron chi connectivity index (χ4n) is 7.29. The highest BCUT2D eigenvalue weighted by Crippen LogP contribution is 2.46. The van der Waals surface area contributed by atoms with Gasteiger partial charge in [0.05, 0.1) is 37.7 Å². The number of rotatable bonds is 13. The lowest BCUT2D eigenvalue weighted by atomic mass is 9.78. The second-order valence-corrected chi connectivity index (χ2v) is 14.9. The van der Waals surface area contributed by atoms with Crippen LogP contribution < -0.4 is 16.1 Å². The van der Waals surface area contributed by atoms with Crippen LogP contribution in [0.25, 0.3) is 11.3 Å². The first-order chi connectivity index (χ1) is 25.0. The van der Waals surface area contributed by atoms with Gasteiger partial charge in [0.25, 0.3) is 5.91 Å². The maximum absolute atomic E-state index is 13.8. The van der Waals surface area contributed by atoms with Crippen LogP contribution in [0.15, 0.2) is 79.0 Å². The predicted octanol–water partition coefficient (Wildman–Crippen LogP) is 4.20. The number of pyridine rings is 1. The molecule has 5 unspecified atom stereocenters. The van der Waals surface area contributed by atoms with E-state index < -0.39 is 47.8 Å². The van der Waals surface area contributed by atoms with Gasteiger partial charge in [0.1, 0.15) is 12.1 Å². The van der Waals surface area contributed by atoms with E-state index in [1.54, 1.807) is 11.2 Å². The molecule has 1 saturated carbocycles. The highest BCUT2D eigenvalue weighted by Gasteiger charge is 2.53. The van der Waals surface area contributed by atoms with Gasteiger partial charge in [-0.3, -0.25) is 15.2 Å². The van der Waals surface area contributed by atoms with Crippen LogP contribution in [-0.4, -0.2) is 90.1 Å². The summed E-state index contributed by atoms with van der Waals surface area (Å²) in [7, 11) is 1.24. The Hall–Kier alpha value is -4.56. The molecule has 3 bridgehead atoms. The van der Waals surface area contributed by atoms with Gasteiger partial charge in [0.2, 0.25) is 0 Å². The summed E-state index contributed by atoms with van der Waals surface area (Å²) in [6.07, 6.45) is 0.235. The maximum atomic E-state index is 13.8. The van der Waals surface area contributed by atoms with Crippen molar-refractivity contribution in [2.45, 2.75) is 83.3 Å². The molecule has 52 heavy (non-hydrogen) atoms. The Morgan fingerprint density at radius 1 is 0.942 bits per heavy atom. The number of benzene rings is 2. The Morgan fingerprint density at radius 3 is 2.38 bits per heavy atom. The van der Waals surface area contributed by atoms with Gasteiger partial charge in [-0.1, -0.05) is 81.4 Å². The lowest BCUT2D eigenvalue weighted by molar-refractivity contribution is -0.153. The maximum Gasteiger partial charge on any atom is 0.407 e. The number of carbonyl (C=O) groups is 3. The summed E-state index contributed by atoms with van der Waals surface area (Å²) in [5.41, 5.74) is 5.74. The van der Waals surface area contributed by atoms with E-state index in [0.29, 0.717) is 18.9 Å². The fraction of sp³-hybridized carbons (Fsp3) is 0.487. The number of alkyl carbamates (subject to hydrolysis) is 2. The Balaban J connectivity index is 1.21. The normalized spacial score (nSPS) is 23.7. The van der Waals surface area contributed by atoms with Gasteiger partial charge in [0, 0.05) is 36.7 Å². The number of amides is 3. The zero-order valence-electron chi connectivity index (χ0n) is 30.1. The van der Waals surface area contributed by atoms with Crippen molar-refractivity contribution < 1.29 is 38.4 Å². The molecule has 3 aliphatic rings. The molecule has 4 N–H and O–H groups in total. The molecule has 2 aliphatic heterocycles. The summed E-state index contributed by atoms with van der Waals surface area (Å²) in [6.45, 7) is 6.09. The Bertz CT molecular complexity index is 1650. The lowest BCUT2D eigenvalue weighted by Crippen LogP contribution is -2.59. The van der Waals surface area contributed by atoms with E-state index in [1.807, 2.05) is 93.6 Å². The van der Waals surface area contributed by atoms with Crippen LogP contribution in [0.3, 0.4) is 0 Å². The summed E-state index contributed by atoms with van der Waals surface area (Å²) in [4.78, 5) is 44.0. The van der Waals surface area contributed by atoms with Crippen LogP contribution in [0, 0.1) is 17.3 Å². The van der Waals surface area contributed by atoms with Gasteiger partial charge >= 0.3 is 12.2 Å². The number of aliphatic hydroxyl groups is 1. The first-order valence-electron chi connectivity index (χ1n) is 17.8. The van der Waals surface area contributed by atoms with Crippen LogP contribution in [0.2, 0.25) is 0 Å². The molecule has 3 amide bonds. The Kier molecular flexibility index (Phi) is 11.7. The molecule has 13 heteroatoms. The Labute approximate surface area is 304 Å². The van der Waals surface area contributed by atoms with Crippen molar-refractivity contribution in [2.24, 2.45) is 17.3 Å². The second-order valence-electron chi connectivity index (χ2n) is 14.9. The number of ether oxygens (including phenoxy) is 4. The molecule has 8 atom stereocenters. The highest BCUT2D eigenvalue weighted by molar-refractivity contribution is 5.86. The molecular formula is C39H49N5O8. The van der Waals surface area contributed by atoms with E-state index in [2.05, 4.69) is 21.0 Å². The van der Waals surface area contributed by atoms with Crippen molar-refractivity contribution in [3.63, 3.8) is 0 Å². The monoisotopic (exact) mass is 715 g/mol. The van der Waals surface area contributed by atoms with E-state index in [0.717, 1.165) is 35.2 Å². The molecule has 2 aromatic carbocycles. The van der Waals surface area contributed by atoms with Crippen molar-refractivity contribution in [1.29, 1.82) is 0 Å². The van der Waals surface area contributed by atoms with Crippen LogP contribution in [-0.2, 0) is 36.7 Å². The largest absolute Gasteiger partial charge is 0.453 e. The number of aliphatic hydroxyl groups excluding tert-OH is 1. The van der Waals surface area contributed by atoms with Crippen LogP contribution in [0.4, 0.5) is 9.59 Å². The minimum Gasteiger partial charge on any atom is -0.453 e. The Morgan fingerprint density at radius 2 is 1.69 bits per heavy atom. The topological polar surface area (TPSA) is 161 Å². The average Bonchev–Trinajstić information content (AvgIpc) is 3.43. The van der Waals surface area contributed by atoms with Gasteiger partial charge in [-0.2, -0.15) is 0 Å². The van der Waals surface area contributed by atoms with Crippen molar-refractivity contribution in [2.75, 3.05) is 20.3 Å². The van der Waals surface area contributed by atoms with E-state index >= 15 is 0 Å². The molecule has 3 fully saturated rings. The summed E-state index contributed by atoms with van der Waals surface area (Å²) < 4.78 is 22.7. The number of nitrogens with zero attached hydrogens (tertiary/aromatic N) is 2. The summed E-state index contributed by atoms with van der Waals surface area (Å²) in [5, 5.41) is 19.0. The first kappa shape index (κ1) is 37.2. The standard InChI is InChI=1S/C39H49N5O8/c1-39(2,3)34(42-37(47)49-4)35(46)43-44(21-25-13-15-26(16-14-25)29-12-8-9-17-40-29)22-31(45)30(18-24-10-6-5-7-11-24)41-38(48)52-33-28-19-27-20-32(33)51-36(27)50-23-28/h5-17,27-28,30-34,36,45H,18-23H2,1-4H3,(H,41,48)(H,42,47)(H,43,46)/t27?,28?,30-,31-,32?,33?,34+,36?/m0/s1. The average molecular weight is 716 g/mol. The van der Waals surface area contributed by atoms with E-state index in [9.17, 15) is 19.5 Å². The molecule has 0 spiro atoms. The van der Waals surface area contributed by atoms with Crippen molar-refractivity contribution in [3.05, 3.63) is 90.1 Å². The van der Waals surface area contributed by atoms with Crippen LogP contribution >= 0.6 is 0 Å². The summed E-state index contributed by atoms with van der Waals surface area (Å²) >= 11 is 0. The number of nitrogens with one attached hydrogen (secondary N) is 3. The molecule has 3 aromatic rings. The number of hydrogen-bond acceptors (Lipinski definition) is 10. The van der Waals surface area contributed by atoms with Crippen LogP contribution in [0.1, 0.15) is 44.7 Å². The van der Waals surface area contributed by atoms with Crippen LogP contribution in [0.5, 0.6) is 0 Å². The molecule has 0 radical (unpaired) electrons. The molecular weight excluding hydrogens is 666 g/mol. The number of hydrazine groups is 1. The number of aromatic nitrogens is 1. The molecule has 13 nitrogen and oxygen atoms in total. The molecule has 6 rings (SSSR count). The quantitative estimate of drug-likeness (QED) is 0.189. The molecule has 2 saturated heterocycles. The van der Waals surface area contributed by atoms with Crippen molar-refractivity contribution >= 4 is 18.1 Å². The fourth-order valence-corrected chi connectivity index (χ4v) is 7.29. The van der Waals surface area contributed by atoms with Gasteiger partial charge in [-0.05, 0) is 47.9 Å². The van der Waals surface area contributed by atoms with Crippen molar-refractivity contribution in [3.8, 4) is 11.3 Å². The third-order valence-corrected chi connectivity index (χ3v) is 9.99. The second kappa shape index (κ2) is 16.4. The summed E-state index contributed by atoms with van der Waals surface area (Å²) in [5.74, 6) is -0.117. The minimum atomic E-state index is -1.17. The third kappa shape index (κ3) is 9.26. The lowest BCUT2D eigenvalue weighted by Gasteiger charge is -2.37. The zero-order valence-corrected chi connectivity index (χ0v) is 30.1. The molecule has 1 aromatic heterocycles. The number of hydrogen-bond donors (Lipinski definition) is 4. The molecule has 3 heterocycles. The number of carbonyl (C=O) groups excluding carboxylic acids is 3. The van der Waals surface area contributed by atoms with Gasteiger partial charge in [-0.25, -0.2) is 14.6 Å². The van der Waals surface area contributed by atoms with Gasteiger partial charge < -0.3 is 34.7 Å². The highest BCUT2D eigenvalue weighted by atomic mass is 16.7. The third-order valence-electron chi connectivity index (χ3n) is 9.99. The van der Waals surface area contributed by atoms with E-state index in [1.165, 1.54) is 7.11 Å². The predicted molar refractivity (Wildman–Crippen MR) is 191 cm³/mol. The minimum absolute atomic E-state index is 0.0508. The van der Waals surface area contributed by atoms with Gasteiger partial charge in [-0.15, -0.1) is 0 Å². The first-order valence-corrected chi connectivity index (χ1v) is 17.8. The SMILES string of the molecule is COC(=O)N[C@H](C(=O)NN(Cc1ccc(-c2ccccn2)cc1)C[C@H](O)[C@H](Cc1ccccc1)NC(=O)OC1C2COC3OC1CC3C2)C(C)(C)C. The smallest absolute Gasteiger partial charge is 0.407 e. The van der Waals surface area contributed by atoms with E-state index in [-0.39, 0.29) is 31.4 Å². The van der Waals surface area contributed by atoms with E-state index in [4.69, 9.17) is 18.9 Å². The molecule has 1 aliphatic carbocycles. The number of fused-ring (bicyclic) bond motifs is 2. The zero-order chi connectivity index (χ0) is 36.8. The summed E-state index contributed by atoms with van der Waals surface area (Å²) in [6, 6.07) is 21.2. The van der Waals surface area contributed by atoms with Crippen molar-refractivity contribution in [1.82, 2.24) is 26.1 Å². The molecule has 278 valence electrons.